The van der Waals surface area contributed by atoms with Crippen molar-refractivity contribution in [1.82, 2.24) is 4.98 Å². The first kappa shape index (κ1) is 13.0. The van der Waals surface area contributed by atoms with Gasteiger partial charge in [0.05, 0.1) is 11.9 Å². The second kappa shape index (κ2) is 7.28. The Bertz CT molecular complexity index is 316. The molecule has 0 spiro atoms. The van der Waals surface area contributed by atoms with E-state index in [1.165, 1.54) is 5.56 Å². The van der Waals surface area contributed by atoms with Gasteiger partial charge in [0.25, 0.3) is 0 Å². The summed E-state index contributed by atoms with van der Waals surface area (Å²) in [6.45, 7) is 2.21. The van der Waals surface area contributed by atoms with Gasteiger partial charge in [0.1, 0.15) is 0 Å². The van der Waals surface area contributed by atoms with Gasteiger partial charge < -0.3 is 4.74 Å². The van der Waals surface area contributed by atoms with Gasteiger partial charge in [-0.15, -0.1) is 0 Å². The van der Waals surface area contributed by atoms with Crippen LogP contribution < -0.4 is 0 Å². The average Bonchev–Trinajstić information content (AvgIpc) is 2.30. The summed E-state index contributed by atoms with van der Waals surface area (Å²) in [6, 6.07) is 3.95. The highest BCUT2D eigenvalue weighted by atomic mass is 32.1. The molecule has 1 rings (SSSR count). The van der Waals surface area contributed by atoms with Crippen LogP contribution in [-0.2, 0) is 16.0 Å². The molecule has 1 atom stereocenters. The lowest BCUT2D eigenvalue weighted by Gasteiger charge is -2.09. The monoisotopic (exact) mass is 239 g/mol. The number of aromatic nitrogens is 1. The van der Waals surface area contributed by atoms with Crippen LogP contribution in [0.25, 0.3) is 0 Å². The minimum atomic E-state index is -0.309. The fourth-order valence-corrected chi connectivity index (χ4v) is 1.66. The van der Waals surface area contributed by atoms with Gasteiger partial charge >= 0.3 is 5.97 Å². The van der Waals surface area contributed by atoms with E-state index < -0.39 is 0 Å². The van der Waals surface area contributed by atoms with E-state index in [2.05, 4.69) is 17.6 Å². The van der Waals surface area contributed by atoms with Gasteiger partial charge in [0.2, 0.25) is 0 Å². The molecule has 3 nitrogen and oxygen atoms in total. The summed E-state index contributed by atoms with van der Waals surface area (Å²) in [7, 11) is 0. The van der Waals surface area contributed by atoms with Gasteiger partial charge in [-0.2, -0.15) is 12.6 Å². The minimum Gasteiger partial charge on any atom is -0.465 e. The van der Waals surface area contributed by atoms with E-state index in [9.17, 15) is 4.79 Å². The predicted molar refractivity (Wildman–Crippen MR) is 66.6 cm³/mol. The Balaban J connectivity index is 2.23. The third-order valence-electron chi connectivity index (χ3n) is 2.22. The molecule has 0 saturated carbocycles. The standard InChI is InChI=1S/C12H17NO2S/c1-2-15-12(14)11(16)7-3-5-10-6-4-8-13-9-10/h4,6,8-9,11,16H,2-3,5,7H2,1H3. The number of carbonyl (C=O) groups excluding carboxylic acids is 1. The zero-order valence-corrected chi connectivity index (χ0v) is 10.3. The zero-order chi connectivity index (χ0) is 11.8. The summed E-state index contributed by atoms with van der Waals surface area (Å²) in [5.74, 6) is -0.225. The Hall–Kier alpha value is -1.03. The summed E-state index contributed by atoms with van der Waals surface area (Å²) >= 11 is 4.22. The van der Waals surface area contributed by atoms with E-state index in [1.807, 2.05) is 18.3 Å². The molecule has 0 fully saturated rings. The van der Waals surface area contributed by atoms with Crippen molar-refractivity contribution < 1.29 is 9.53 Å². The normalized spacial score (nSPS) is 12.1. The Morgan fingerprint density at radius 2 is 2.44 bits per heavy atom. The summed E-state index contributed by atoms with van der Waals surface area (Å²) in [4.78, 5) is 15.3. The topological polar surface area (TPSA) is 39.2 Å². The molecular formula is C12H17NO2S. The molecule has 16 heavy (non-hydrogen) atoms. The van der Waals surface area contributed by atoms with E-state index in [0.29, 0.717) is 6.61 Å². The summed E-state index contributed by atoms with van der Waals surface area (Å²) < 4.78 is 4.88. The lowest BCUT2D eigenvalue weighted by Crippen LogP contribution is -2.18. The van der Waals surface area contributed by atoms with Crippen molar-refractivity contribution in [3.63, 3.8) is 0 Å². The Morgan fingerprint density at radius 3 is 3.06 bits per heavy atom. The number of esters is 1. The fourth-order valence-electron chi connectivity index (χ4n) is 1.40. The van der Waals surface area contributed by atoms with Crippen LogP contribution in [0.15, 0.2) is 24.5 Å². The maximum Gasteiger partial charge on any atom is 0.318 e. The van der Waals surface area contributed by atoms with E-state index in [-0.39, 0.29) is 11.2 Å². The van der Waals surface area contributed by atoms with Crippen molar-refractivity contribution in [2.24, 2.45) is 0 Å². The lowest BCUT2D eigenvalue weighted by atomic mass is 10.1. The van der Waals surface area contributed by atoms with Crippen LogP contribution in [0, 0.1) is 0 Å². The maximum atomic E-state index is 11.3. The first-order valence-electron chi connectivity index (χ1n) is 5.47. The number of hydrogen-bond donors (Lipinski definition) is 1. The highest BCUT2D eigenvalue weighted by molar-refractivity contribution is 7.81. The molecule has 1 unspecified atom stereocenters. The molecule has 88 valence electrons. The van der Waals surface area contributed by atoms with Crippen LogP contribution in [-0.4, -0.2) is 22.8 Å². The first-order chi connectivity index (χ1) is 7.74. The van der Waals surface area contributed by atoms with Crippen LogP contribution in [0.5, 0.6) is 0 Å². The number of rotatable bonds is 6. The Kier molecular flexibility index (Phi) is 5.93. The minimum absolute atomic E-state index is 0.225. The van der Waals surface area contributed by atoms with E-state index >= 15 is 0 Å². The number of pyridine rings is 1. The largest absolute Gasteiger partial charge is 0.465 e. The molecular weight excluding hydrogens is 222 g/mol. The molecule has 0 aliphatic carbocycles. The number of thiol groups is 1. The van der Waals surface area contributed by atoms with Gasteiger partial charge in [-0.05, 0) is 37.8 Å². The SMILES string of the molecule is CCOC(=O)C(S)CCCc1cccnc1. The molecule has 1 aromatic rings. The zero-order valence-electron chi connectivity index (χ0n) is 9.43. The Labute approximate surface area is 102 Å². The maximum absolute atomic E-state index is 11.3. The second-order valence-corrected chi connectivity index (χ2v) is 4.14. The summed E-state index contributed by atoms with van der Waals surface area (Å²) in [5.41, 5.74) is 1.19. The van der Waals surface area contributed by atoms with Crippen LogP contribution in [0.1, 0.15) is 25.3 Å². The van der Waals surface area contributed by atoms with Crippen LogP contribution in [0.2, 0.25) is 0 Å². The molecule has 4 heteroatoms. The molecule has 0 aliphatic heterocycles. The number of hydrogen-bond acceptors (Lipinski definition) is 4. The van der Waals surface area contributed by atoms with Crippen molar-refractivity contribution in [3.05, 3.63) is 30.1 Å². The molecule has 0 N–H and O–H groups in total. The molecule has 0 bridgehead atoms. The average molecular weight is 239 g/mol. The van der Waals surface area contributed by atoms with Crippen LogP contribution in [0.4, 0.5) is 0 Å². The van der Waals surface area contributed by atoms with E-state index in [4.69, 9.17) is 4.74 Å². The third-order valence-corrected chi connectivity index (χ3v) is 2.69. The van der Waals surface area contributed by atoms with Gasteiger partial charge in [0.15, 0.2) is 0 Å². The van der Waals surface area contributed by atoms with Crippen molar-refractivity contribution in [2.45, 2.75) is 31.4 Å². The predicted octanol–water partition coefficient (Wildman–Crippen LogP) is 2.27. The highest BCUT2D eigenvalue weighted by Crippen LogP contribution is 2.10. The van der Waals surface area contributed by atoms with E-state index in [0.717, 1.165) is 19.3 Å². The van der Waals surface area contributed by atoms with Crippen LogP contribution >= 0.6 is 12.6 Å². The van der Waals surface area contributed by atoms with Crippen LogP contribution in [0.3, 0.4) is 0 Å². The Morgan fingerprint density at radius 1 is 1.62 bits per heavy atom. The smallest absolute Gasteiger partial charge is 0.318 e. The van der Waals surface area contributed by atoms with Crippen molar-refractivity contribution in [2.75, 3.05) is 6.61 Å². The van der Waals surface area contributed by atoms with Gasteiger partial charge in [0, 0.05) is 12.4 Å². The number of ether oxygens (including phenoxy) is 1. The van der Waals surface area contributed by atoms with Gasteiger partial charge in [-0.3, -0.25) is 9.78 Å². The second-order valence-electron chi connectivity index (χ2n) is 3.52. The lowest BCUT2D eigenvalue weighted by molar-refractivity contribution is -0.142. The third kappa shape index (κ3) is 4.66. The molecule has 0 amide bonds. The van der Waals surface area contributed by atoms with Crippen molar-refractivity contribution in [3.8, 4) is 0 Å². The van der Waals surface area contributed by atoms with Gasteiger partial charge in [-0.1, -0.05) is 6.07 Å². The highest BCUT2D eigenvalue weighted by Gasteiger charge is 2.13. The van der Waals surface area contributed by atoms with Crippen molar-refractivity contribution >= 4 is 18.6 Å². The fraction of sp³-hybridized carbons (Fsp3) is 0.500. The molecule has 0 radical (unpaired) electrons. The quantitative estimate of drug-likeness (QED) is 0.611. The molecule has 0 aliphatic rings. The number of carbonyl (C=O) groups is 1. The molecule has 1 heterocycles. The first-order valence-corrected chi connectivity index (χ1v) is 5.99. The summed E-state index contributed by atoms with van der Waals surface area (Å²) in [5, 5.41) is -0.309. The number of nitrogens with zero attached hydrogens (tertiary/aromatic N) is 1. The van der Waals surface area contributed by atoms with E-state index in [1.54, 1.807) is 13.1 Å². The summed E-state index contributed by atoms with van der Waals surface area (Å²) in [6.07, 6.45) is 6.17. The van der Waals surface area contributed by atoms with Crippen molar-refractivity contribution in [1.29, 1.82) is 0 Å². The molecule has 1 aromatic heterocycles. The number of aryl methyl sites for hydroxylation is 1. The molecule has 0 saturated heterocycles. The molecule has 0 aromatic carbocycles. The van der Waals surface area contributed by atoms with Gasteiger partial charge in [-0.25, -0.2) is 0 Å².